The Labute approximate surface area is 125 Å². The van der Waals surface area contributed by atoms with Crippen LogP contribution in [0.3, 0.4) is 0 Å². The van der Waals surface area contributed by atoms with Crippen molar-refractivity contribution in [1.29, 1.82) is 0 Å². The Kier molecular flexibility index (Phi) is 4.84. The Hall–Kier alpha value is -2.47. The second-order valence-electron chi connectivity index (χ2n) is 4.24. The standard InChI is InChI=1S/C14H13ClN2O4/c15-9-3-5-12(18)11(8-9)14(20)17-16-13(19)6-4-10-2-1-7-21-10/h1-3,5,7-8,18H,4,6H2,(H,16,19)(H,17,20). The molecule has 6 nitrogen and oxygen atoms in total. The summed E-state index contributed by atoms with van der Waals surface area (Å²) >= 11 is 5.74. The minimum absolute atomic E-state index is 0.0196. The van der Waals surface area contributed by atoms with Crippen LogP contribution in [0.1, 0.15) is 22.5 Å². The van der Waals surface area contributed by atoms with Gasteiger partial charge in [0.2, 0.25) is 5.91 Å². The lowest BCUT2D eigenvalue weighted by atomic mass is 10.2. The predicted octanol–water partition coefficient (Wildman–Crippen LogP) is 2.03. The molecule has 0 unspecified atom stereocenters. The van der Waals surface area contributed by atoms with Crippen molar-refractivity contribution in [1.82, 2.24) is 10.9 Å². The fourth-order valence-electron chi connectivity index (χ4n) is 1.64. The maximum absolute atomic E-state index is 11.8. The van der Waals surface area contributed by atoms with Crippen molar-refractivity contribution in [3.05, 3.63) is 52.9 Å². The molecule has 1 aromatic heterocycles. The molecule has 0 spiro atoms. The number of hydrazine groups is 1. The summed E-state index contributed by atoms with van der Waals surface area (Å²) in [5.74, 6) is -0.562. The number of hydrogen-bond donors (Lipinski definition) is 3. The summed E-state index contributed by atoms with van der Waals surface area (Å²) in [7, 11) is 0. The highest BCUT2D eigenvalue weighted by atomic mass is 35.5. The van der Waals surface area contributed by atoms with Gasteiger partial charge < -0.3 is 9.52 Å². The number of carbonyl (C=O) groups is 2. The first kappa shape index (κ1) is 14.9. The van der Waals surface area contributed by atoms with Crippen LogP contribution in [0.2, 0.25) is 5.02 Å². The molecular formula is C14H13ClN2O4. The molecule has 110 valence electrons. The quantitative estimate of drug-likeness (QED) is 0.754. The van der Waals surface area contributed by atoms with E-state index in [9.17, 15) is 14.7 Å². The first-order valence-electron chi connectivity index (χ1n) is 6.16. The number of aromatic hydroxyl groups is 1. The third-order valence-electron chi connectivity index (χ3n) is 2.70. The molecule has 1 aromatic carbocycles. The monoisotopic (exact) mass is 308 g/mol. The number of benzene rings is 1. The van der Waals surface area contributed by atoms with Crippen molar-refractivity contribution in [2.45, 2.75) is 12.8 Å². The zero-order valence-electron chi connectivity index (χ0n) is 10.9. The van der Waals surface area contributed by atoms with E-state index >= 15 is 0 Å². The highest BCUT2D eigenvalue weighted by molar-refractivity contribution is 6.31. The van der Waals surface area contributed by atoms with Crippen molar-refractivity contribution in [2.24, 2.45) is 0 Å². The number of rotatable bonds is 4. The number of furan rings is 1. The summed E-state index contributed by atoms with van der Waals surface area (Å²) in [6.07, 6.45) is 2.11. The van der Waals surface area contributed by atoms with Crippen LogP contribution in [0, 0.1) is 0 Å². The Morgan fingerprint density at radius 3 is 2.76 bits per heavy atom. The van der Waals surface area contributed by atoms with Crippen LogP contribution >= 0.6 is 11.6 Å². The molecule has 0 atom stereocenters. The molecule has 0 aliphatic heterocycles. The number of aryl methyl sites for hydroxylation is 1. The third-order valence-corrected chi connectivity index (χ3v) is 2.93. The van der Waals surface area contributed by atoms with E-state index in [1.54, 1.807) is 12.1 Å². The summed E-state index contributed by atoms with van der Waals surface area (Å²) in [5, 5.41) is 9.86. The van der Waals surface area contributed by atoms with E-state index in [0.717, 1.165) is 0 Å². The molecule has 1 heterocycles. The van der Waals surface area contributed by atoms with E-state index in [0.29, 0.717) is 17.2 Å². The summed E-state index contributed by atoms with van der Waals surface area (Å²) in [6.45, 7) is 0. The zero-order chi connectivity index (χ0) is 15.2. The summed E-state index contributed by atoms with van der Waals surface area (Å²) in [4.78, 5) is 23.4. The minimum Gasteiger partial charge on any atom is -0.507 e. The topological polar surface area (TPSA) is 91.6 Å². The third kappa shape index (κ3) is 4.25. The number of nitrogens with one attached hydrogen (secondary N) is 2. The molecule has 21 heavy (non-hydrogen) atoms. The van der Waals surface area contributed by atoms with Crippen LogP contribution in [0.15, 0.2) is 41.0 Å². The molecule has 0 saturated heterocycles. The van der Waals surface area contributed by atoms with Gasteiger partial charge >= 0.3 is 0 Å². The number of amides is 2. The van der Waals surface area contributed by atoms with E-state index in [4.69, 9.17) is 16.0 Å². The van der Waals surface area contributed by atoms with E-state index in [1.807, 2.05) is 0 Å². The Bertz CT molecular complexity index is 640. The molecule has 3 N–H and O–H groups in total. The molecule has 0 fully saturated rings. The first-order valence-corrected chi connectivity index (χ1v) is 6.54. The Balaban J connectivity index is 1.83. The van der Waals surface area contributed by atoms with Crippen molar-refractivity contribution < 1.29 is 19.1 Å². The average molecular weight is 309 g/mol. The number of phenolic OH excluding ortho intramolecular Hbond substituents is 1. The van der Waals surface area contributed by atoms with E-state index in [2.05, 4.69) is 10.9 Å². The second-order valence-corrected chi connectivity index (χ2v) is 4.68. The highest BCUT2D eigenvalue weighted by Crippen LogP contribution is 2.20. The van der Waals surface area contributed by atoms with Crippen LogP contribution in [0.25, 0.3) is 0 Å². The van der Waals surface area contributed by atoms with Gasteiger partial charge in [0, 0.05) is 17.9 Å². The largest absolute Gasteiger partial charge is 0.507 e. The Morgan fingerprint density at radius 1 is 1.24 bits per heavy atom. The van der Waals surface area contributed by atoms with Crippen molar-refractivity contribution in [3.63, 3.8) is 0 Å². The van der Waals surface area contributed by atoms with Gasteiger partial charge in [-0.1, -0.05) is 11.6 Å². The molecular weight excluding hydrogens is 296 g/mol. The molecule has 0 radical (unpaired) electrons. The van der Waals surface area contributed by atoms with E-state index < -0.39 is 5.91 Å². The van der Waals surface area contributed by atoms with Crippen LogP contribution < -0.4 is 10.9 Å². The summed E-state index contributed by atoms with van der Waals surface area (Å²) in [5.41, 5.74) is 4.45. The SMILES string of the molecule is O=C(CCc1ccco1)NNC(=O)c1cc(Cl)ccc1O. The number of phenols is 1. The number of halogens is 1. The van der Waals surface area contributed by atoms with Crippen LogP contribution in [0.5, 0.6) is 5.75 Å². The van der Waals surface area contributed by atoms with E-state index in [-0.39, 0.29) is 23.6 Å². The van der Waals surface area contributed by atoms with Crippen molar-refractivity contribution >= 4 is 23.4 Å². The summed E-state index contributed by atoms with van der Waals surface area (Å²) < 4.78 is 5.09. The molecule has 2 amide bonds. The second kappa shape index (κ2) is 6.81. The molecule has 0 aliphatic rings. The van der Waals surface area contributed by atoms with Gasteiger partial charge in [0.25, 0.3) is 5.91 Å². The van der Waals surface area contributed by atoms with Gasteiger partial charge in [-0.2, -0.15) is 0 Å². The lowest BCUT2D eigenvalue weighted by Crippen LogP contribution is -2.41. The van der Waals surface area contributed by atoms with Gasteiger partial charge in [-0.25, -0.2) is 0 Å². The molecule has 0 aliphatic carbocycles. The van der Waals surface area contributed by atoms with Crippen molar-refractivity contribution in [3.8, 4) is 5.75 Å². The molecule has 2 aromatic rings. The van der Waals surface area contributed by atoms with Gasteiger partial charge in [-0.05, 0) is 30.3 Å². The zero-order valence-corrected chi connectivity index (χ0v) is 11.7. The highest BCUT2D eigenvalue weighted by Gasteiger charge is 2.12. The van der Waals surface area contributed by atoms with E-state index in [1.165, 1.54) is 24.5 Å². The maximum atomic E-state index is 11.8. The fraction of sp³-hybridized carbons (Fsp3) is 0.143. The molecule has 0 saturated carbocycles. The van der Waals surface area contributed by atoms with Gasteiger partial charge in [-0.3, -0.25) is 20.4 Å². The predicted molar refractivity (Wildman–Crippen MR) is 75.8 cm³/mol. The molecule has 0 bridgehead atoms. The van der Waals surface area contributed by atoms with Gasteiger partial charge in [-0.15, -0.1) is 0 Å². The number of carbonyl (C=O) groups excluding carboxylic acids is 2. The van der Waals surface area contributed by atoms with Crippen LogP contribution in [-0.4, -0.2) is 16.9 Å². The minimum atomic E-state index is -0.652. The molecule has 2 rings (SSSR count). The van der Waals surface area contributed by atoms with Gasteiger partial charge in [0.05, 0.1) is 11.8 Å². The number of hydrogen-bond acceptors (Lipinski definition) is 4. The maximum Gasteiger partial charge on any atom is 0.273 e. The van der Waals surface area contributed by atoms with Crippen LogP contribution in [-0.2, 0) is 11.2 Å². The van der Waals surface area contributed by atoms with Crippen LogP contribution in [0.4, 0.5) is 0 Å². The van der Waals surface area contributed by atoms with Gasteiger partial charge in [0.1, 0.15) is 11.5 Å². The fourth-order valence-corrected chi connectivity index (χ4v) is 1.81. The normalized spacial score (nSPS) is 10.1. The lowest BCUT2D eigenvalue weighted by Gasteiger charge is -2.08. The molecule has 7 heteroatoms. The lowest BCUT2D eigenvalue weighted by molar-refractivity contribution is -0.121. The average Bonchev–Trinajstić information content (AvgIpc) is 2.98. The summed E-state index contributed by atoms with van der Waals surface area (Å²) in [6, 6.07) is 7.56. The smallest absolute Gasteiger partial charge is 0.273 e. The van der Waals surface area contributed by atoms with Gasteiger partial charge in [0.15, 0.2) is 0 Å². The first-order chi connectivity index (χ1) is 10.1. The Morgan fingerprint density at radius 2 is 2.05 bits per heavy atom. The van der Waals surface area contributed by atoms with Crippen molar-refractivity contribution in [2.75, 3.05) is 0 Å².